The summed E-state index contributed by atoms with van der Waals surface area (Å²) in [6.45, 7) is 2.41. The standard InChI is InChI=1S/C15H21ClN4O/c1-19-12-3-4-13(19)9-20(7-6-12)10-15(21)18-14-5-2-11(16)8-17-14/h2,5,8,12-13H,3-4,6-7,9-10H2,1H3,(H,17,18,21)/t12-,13+/m1/s1. The fourth-order valence-electron chi connectivity index (χ4n) is 3.36. The zero-order valence-electron chi connectivity index (χ0n) is 12.3. The maximum atomic E-state index is 12.1. The third kappa shape index (κ3) is 3.54. The average molecular weight is 309 g/mol. The Kier molecular flexibility index (Phi) is 4.42. The molecule has 2 fully saturated rings. The number of likely N-dealkylation sites (N-methyl/N-ethyl adjacent to an activating group) is 1. The van der Waals surface area contributed by atoms with Crippen molar-refractivity contribution in [2.45, 2.75) is 31.3 Å². The first kappa shape index (κ1) is 14.8. The summed E-state index contributed by atoms with van der Waals surface area (Å²) in [4.78, 5) is 21.0. The van der Waals surface area contributed by atoms with Crippen molar-refractivity contribution in [1.29, 1.82) is 0 Å². The average Bonchev–Trinajstić information content (AvgIpc) is 2.70. The Morgan fingerprint density at radius 1 is 1.38 bits per heavy atom. The lowest BCUT2D eigenvalue weighted by molar-refractivity contribution is -0.117. The van der Waals surface area contributed by atoms with E-state index in [1.165, 1.54) is 19.0 Å². The smallest absolute Gasteiger partial charge is 0.239 e. The van der Waals surface area contributed by atoms with Crippen molar-refractivity contribution < 1.29 is 4.79 Å². The van der Waals surface area contributed by atoms with Gasteiger partial charge < -0.3 is 5.32 Å². The second-order valence-corrected chi connectivity index (χ2v) is 6.42. The van der Waals surface area contributed by atoms with Crippen LogP contribution in [0.4, 0.5) is 5.82 Å². The van der Waals surface area contributed by atoms with Gasteiger partial charge in [0.2, 0.25) is 5.91 Å². The number of hydrogen-bond donors (Lipinski definition) is 1. The van der Waals surface area contributed by atoms with E-state index in [1.54, 1.807) is 12.1 Å². The summed E-state index contributed by atoms with van der Waals surface area (Å²) in [6, 6.07) is 4.74. The Morgan fingerprint density at radius 2 is 2.19 bits per heavy atom. The molecule has 3 rings (SSSR count). The number of anilines is 1. The molecule has 3 heterocycles. The van der Waals surface area contributed by atoms with Crippen LogP contribution >= 0.6 is 11.6 Å². The lowest BCUT2D eigenvalue weighted by Gasteiger charge is -2.25. The number of pyridine rings is 1. The van der Waals surface area contributed by atoms with Crippen LogP contribution in [0, 0.1) is 0 Å². The van der Waals surface area contributed by atoms with Gasteiger partial charge in [-0.15, -0.1) is 0 Å². The number of amides is 1. The molecule has 6 heteroatoms. The number of rotatable bonds is 3. The van der Waals surface area contributed by atoms with Crippen molar-refractivity contribution in [3.05, 3.63) is 23.4 Å². The van der Waals surface area contributed by atoms with Gasteiger partial charge in [0.1, 0.15) is 5.82 Å². The fraction of sp³-hybridized carbons (Fsp3) is 0.600. The molecule has 2 aliphatic rings. The van der Waals surface area contributed by atoms with E-state index in [2.05, 4.69) is 27.1 Å². The van der Waals surface area contributed by atoms with Crippen LogP contribution in [0.3, 0.4) is 0 Å². The zero-order valence-corrected chi connectivity index (χ0v) is 13.0. The van der Waals surface area contributed by atoms with E-state index in [0.717, 1.165) is 19.5 Å². The Balaban J connectivity index is 1.54. The summed E-state index contributed by atoms with van der Waals surface area (Å²) in [5.74, 6) is 0.545. The molecule has 1 amide bonds. The van der Waals surface area contributed by atoms with Gasteiger partial charge in [-0.2, -0.15) is 0 Å². The third-order valence-electron chi connectivity index (χ3n) is 4.59. The molecule has 2 bridgehead atoms. The summed E-state index contributed by atoms with van der Waals surface area (Å²) in [5.41, 5.74) is 0. The second-order valence-electron chi connectivity index (χ2n) is 5.98. The predicted octanol–water partition coefficient (Wildman–Crippen LogP) is 1.84. The first-order valence-electron chi connectivity index (χ1n) is 7.47. The van der Waals surface area contributed by atoms with Crippen LogP contribution in [0.2, 0.25) is 5.02 Å². The number of carbonyl (C=O) groups excluding carboxylic acids is 1. The van der Waals surface area contributed by atoms with Crippen LogP contribution < -0.4 is 5.32 Å². The van der Waals surface area contributed by atoms with Crippen molar-refractivity contribution in [1.82, 2.24) is 14.8 Å². The van der Waals surface area contributed by atoms with Crippen LogP contribution in [0.5, 0.6) is 0 Å². The summed E-state index contributed by atoms with van der Waals surface area (Å²) in [7, 11) is 2.21. The van der Waals surface area contributed by atoms with Gasteiger partial charge in [-0.25, -0.2) is 4.98 Å². The molecule has 21 heavy (non-hydrogen) atoms. The second kappa shape index (κ2) is 6.30. The maximum Gasteiger partial charge on any atom is 0.239 e. The molecule has 0 radical (unpaired) electrons. The number of aromatic nitrogens is 1. The van der Waals surface area contributed by atoms with Gasteiger partial charge in [-0.3, -0.25) is 14.6 Å². The van der Waals surface area contributed by atoms with Crippen molar-refractivity contribution in [2.75, 3.05) is 32.0 Å². The molecule has 114 valence electrons. The van der Waals surface area contributed by atoms with Gasteiger partial charge in [0, 0.05) is 31.4 Å². The van der Waals surface area contributed by atoms with E-state index in [4.69, 9.17) is 11.6 Å². The number of likely N-dealkylation sites (tertiary alicyclic amines) is 1. The fourth-order valence-corrected chi connectivity index (χ4v) is 3.47. The highest BCUT2D eigenvalue weighted by atomic mass is 35.5. The van der Waals surface area contributed by atoms with Gasteiger partial charge >= 0.3 is 0 Å². The normalized spacial score (nSPS) is 26.6. The maximum absolute atomic E-state index is 12.1. The van der Waals surface area contributed by atoms with E-state index >= 15 is 0 Å². The molecule has 0 unspecified atom stereocenters. The number of halogens is 1. The van der Waals surface area contributed by atoms with Crippen LogP contribution in [0.15, 0.2) is 18.3 Å². The van der Waals surface area contributed by atoms with Gasteiger partial charge in [0.15, 0.2) is 0 Å². The molecule has 1 aromatic rings. The van der Waals surface area contributed by atoms with Gasteiger partial charge in [-0.1, -0.05) is 11.6 Å². The molecular formula is C15H21ClN4O. The highest BCUT2D eigenvalue weighted by Crippen LogP contribution is 2.28. The predicted molar refractivity (Wildman–Crippen MR) is 83.5 cm³/mol. The summed E-state index contributed by atoms with van der Waals surface area (Å²) in [6.07, 6.45) is 5.24. The molecule has 0 saturated carbocycles. The Morgan fingerprint density at radius 3 is 2.95 bits per heavy atom. The molecule has 2 aliphatic heterocycles. The lowest BCUT2D eigenvalue weighted by Crippen LogP contribution is -2.40. The Bertz CT molecular complexity index is 507. The van der Waals surface area contributed by atoms with Crippen molar-refractivity contribution in [2.24, 2.45) is 0 Å². The van der Waals surface area contributed by atoms with Gasteiger partial charge in [0.25, 0.3) is 0 Å². The lowest BCUT2D eigenvalue weighted by atomic mass is 10.1. The summed E-state index contributed by atoms with van der Waals surface area (Å²) in [5, 5.41) is 3.40. The van der Waals surface area contributed by atoms with E-state index < -0.39 is 0 Å². The Labute approximate surface area is 130 Å². The molecule has 1 N–H and O–H groups in total. The molecule has 2 atom stereocenters. The number of nitrogens with zero attached hydrogens (tertiary/aromatic N) is 3. The number of nitrogens with one attached hydrogen (secondary N) is 1. The van der Waals surface area contributed by atoms with Gasteiger partial charge in [-0.05, 0) is 38.4 Å². The highest BCUT2D eigenvalue weighted by Gasteiger charge is 2.34. The van der Waals surface area contributed by atoms with E-state index in [9.17, 15) is 4.79 Å². The van der Waals surface area contributed by atoms with Crippen LogP contribution in [-0.4, -0.2) is 59.5 Å². The highest BCUT2D eigenvalue weighted by molar-refractivity contribution is 6.30. The molecule has 1 aromatic heterocycles. The van der Waals surface area contributed by atoms with Crippen molar-refractivity contribution in [3.63, 3.8) is 0 Å². The largest absolute Gasteiger partial charge is 0.310 e. The molecule has 5 nitrogen and oxygen atoms in total. The minimum absolute atomic E-state index is 0.00903. The van der Waals surface area contributed by atoms with Crippen molar-refractivity contribution in [3.8, 4) is 0 Å². The molecular weight excluding hydrogens is 288 g/mol. The number of fused-ring (bicyclic) bond motifs is 2. The minimum atomic E-state index is -0.00903. The summed E-state index contributed by atoms with van der Waals surface area (Å²) >= 11 is 5.78. The quantitative estimate of drug-likeness (QED) is 0.926. The topological polar surface area (TPSA) is 48.5 Å². The van der Waals surface area contributed by atoms with Crippen LogP contribution in [0.25, 0.3) is 0 Å². The number of carbonyl (C=O) groups is 1. The van der Waals surface area contributed by atoms with Crippen LogP contribution in [-0.2, 0) is 4.79 Å². The van der Waals surface area contributed by atoms with E-state index in [1.807, 2.05) is 0 Å². The number of hydrogen-bond acceptors (Lipinski definition) is 4. The molecule has 0 aliphatic carbocycles. The molecule has 0 spiro atoms. The first-order valence-corrected chi connectivity index (χ1v) is 7.85. The minimum Gasteiger partial charge on any atom is -0.310 e. The zero-order chi connectivity index (χ0) is 14.8. The Hall–Kier alpha value is -1.17. The third-order valence-corrected chi connectivity index (χ3v) is 4.82. The molecule has 0 aromatic carbocycles. The van der Waals surface area contributed by atoms with Crippen LogP contribution in [0.1, 0.15) is 19.3 Å². The monoisotopic (exact) mass is 308 g/mol. The van der Waals surface area contributed by atoms with Gasteiger partial charge in [0.05, 0.1) is 11.6 Å². The SMILES string of the molecule is CN1[C@@H]2CC[C@H]1CN(CC(=O)Nc1ccc(Cl)cn1)CC2. The van der Waals surface area contributed by atoms with Crippen molar-refractivity contribution >= 4 is 23.3 Å². The van der Waals surface area contributed by atoms with E-state index in [0.29, 0.717) is 29.5 Å². The first-order chi connectivity index (χ1) is 10.1. The summed E-state index contributed by atoms with van der Waals surface area (Å²) < 4.78 is 0. The molecule has 2 saturated heterocycles. The van der Waals surface area contributed by atoms with E-state index in [-0.39, 0.29) is 5.91 Å².